The fourth-order valence-corrected chi connectivity index (χ4v) is 4.91. The van der Waals surface area contributed by atoms with Crippen molar-refractivity contribution in [1.82, 2.24) is 4.98 Å². The summed E-state index contributed by atoms with van der Waals surface area (Å²) in [5, 5.41) is 11.0. The molecule has 1 aromatic heterocycles. The van der Waals surface area contributed by atoms with E-state index in [-0.39, 0.29) is 21.8 Å². The Hall–Kier alpha value is -4.04. The van der Waals surface area contributed by atoms with Gasteiger partial charge in [0, 0.05) is 11.1 Å². The highest BCUT2D eigenvalue weighted by Crippen LogP contribution is 2.45. The lowest BCUT2D eigenvalue weighted by Crippen LogP contribution is -2.31. The molecule has 1 aliphatic heterocycles. The van der Waals surface area contributed by atoms with Crippen LogP contribution in [-0.4, -0.2) is 28.9 Å². The first-order valence-corrected chi connectivity index (χ1v) is 10.9. The summed E-state index contributed by atoms with van der Waals surface area (Å²) < 4.78 is 20.9. The Morgan fingerprint density at radius 1 is 1.09 bits per heavy atom. The van der Waals surface area contributed by atoms with Gasteiger partial charge in [-0.3, -0.25) is 14.5 Å². The number of Topliss-reactive ketones (excluding diaryl/α,β-unsaturated/α-hetero) is 1. The molecular weight excluding hydrogens is 443 g/mol. The Kier molecular flexibility index (Phi) is 5.14. The van der Waals surface area contributed by atoms with Gasteiger partial charge in [-0.05, 0) is 24.3 Å². The van der Waals surface area contributed by atoms with Crippen LogP contribution >= 0.6 is 11.3 Å². The molecule has 1 atom stereocenters. The summed E-state index contributed by atoms with van der Waals surface area (Å²) in [5.74, 6) is -2.06. The van der Waals surface area contributed by atoms with Gasteiger partial charge in [-0.25, -0.2) is 9.37 Å². The first kappa shape index (κ1) is 20.8. The SMILES string of the molecule is COc1ccc2nc(N3C(=O)C(O)=C(C(=O)c4ccccc4)C3c3ccccc3F)sc2c1. The number of anilines is 1. The molecular formula is C25H17FN2O4S. The van der Waals surface area contributed by atoms with Gasteiger partial charge in [-0.2, -0.15) is 0 Å². The number of benzene rings is 3. The largest absolute Gasteiger partial charge is 0.503 e. The number of carbonyl (C=O) groups excluding carboxylic acids is 2. The molecule has 1 N–H and O–H groups in total. The second-order valence-corrected chi connectivity index (χ2v) is 8.40. The van der Waals surface area contributed by atoms with Gasteiger partial charge in [0.2, 0.25) is 0 Å². The van der Waals surface area contributed by atoms with Gasteiger partial charge >= 0.3 is 0 Å². The minimum atomic E-state index is -1.17. The van der Waals surface area contributed by atoms with E-state index in [1.54, 1.807) is 61.7 Å². The van der Waals surface area contributed by atoms with Gasteiger partial charge in [-0.15, -0.1) is 0 Å². The number of carbonyl (C=O) groups is 2. The number of ketones is 1. The molecule has 0 spiro atoms. The number of fused-ring (bicyclic) bond motifs is 1. The summed E-state index contributed by atoms with van der Waals surface area (Å²) in [6.07, 6.45) is 0. The standard InChI is InChI=1S/C25H17FN2O4S/c1-32-15-11-12-18-19(13-15)33-25(27-18)28-21(16-9-5-6-10-17(16)26)20(23(30)24(28)31)22(29)14-7-3-2-4-8-14/h2-13,21,30H,1H3. The molecule has 0 aliphatic carbocycles. The molecule has 1 amide bonds. The normalized spacial score (nSPS) is 16.0. The van der Waals surface area contributed by atoms with Crippen LogP contribution in [0.25, 0.3) is 10.2 Å². The van der Waals surface area contributed by atoms with E-state index in [1.807, 2.05) is 0 Å². The van der Waals surface area contributed by atoms with Crippen molar-refractivity contribution in [2.45, 2.75) is 6.04 Å². The molecule has 1 aliphatic rings. The van der Waals surface area contributed by atoms with E-state index < -0.39 is 29.3 Å². The van der Waals surface area contributed by atoms with Crippen molar-refractivity contribution < 1.29 is 23.8 Å². The minimum absolute atomic E-state index is 0.0889. The smallest absolute Gasteiger partial charge is 0.296 e. The number of methoxy groups -OCH3 is 1. The topological polar surface area (TPSA) is 79.7 Å². The number of aromatic nitrogens is 1. The Labute approximate surface area is 192 Å². The molecule has 0 saturated carbocycles. The molecule has 2 heterocycles. The van der Waals surface area contributed by atoms with Crippen molar-refractivity contribution in [3.05, 3.63) is 101 Å². The third kappa shape index (κ3) is 3.44. The van der Waals surface area contributed by atoms with E-state index in [1.165, 1.54) is 34.4 Å². The van der Waals surface area contributed by atoms with E-state index in [0.29, 0.717) is 11.3 Å². The second-order valence-electron chi connectivity index (χ2n) is 7.39. The molecule has 4 aromatic rings. The van der Waals surface area contributed by atoms with Crippen molar-refractivity contribution in [2.24, 2.45) is 0 Å². The number of amides is 1. The molecule has 0 radical (unpaired) electrons. The zero-order chi connectivity index (χ0) is 23.1. The van der Waals surface area contributed by atoms with Crippen LogP contribution in [0.5, 0.6) is 5.75 Å². The number of rotatable bonds is 5. The summed E-state index contributed by atoms with van der Waals surface area (Å²) in [6.45, 7) is 0. The third-order valence-electron chi connectivity index (χ3n) is 5.48. The summed E-state index contributed by atoms with van der Waals surface area (Å²) in [7, 11) is 1.55. The lowest BCUT2D eigenvalue weighted by molar-refractivity contribution is -0.117. The molecule has 1 unspecified atom stereocenters. The van der Waals surface area contributed by atoms with E-state index in [9.17, 15) is 19.1 Å². The van der Waals surface area contributed by atoms with E-state index in [4.69, 9.17) is 4.74 Å². The predicted octanol–water partition coefficient (Wildman–Crippen LogP) is 5.23. The fourth-order valence-electron chi connectivity index (χ4n) is 3.89. The molecule has 3 aromatic carbocycles. The number of ether oxygens (including phenoxy) is 1. The van der Waals surface area contributed by atoms with Crippen molar-refractivity contribution in [1.29, 1.82) is 0 Å². The van der Waals surface area contributed by atoms with Crippen LogP contribution in [0.1, 0.15) is 22.0 Å². The zero-order valence-corrected chi connectivity index (χ0v) is 18.2. The highest BCUT2D eigenvalue weighted by atomic mass is 32.1. The maximum Gasteiger partial charge on any atom is 0.296 e. The third-order valence-corrected chi connectivity index (χ3v) is 6.50. The van der Waals surface area contributed by atoms with Gasteiger partial charge < -0.3 is 9.84 Å². The zero-order valence-electron chi connectivity index (χ0n) is 17.4. The molecule has 5 rings (SSSR count). The van der Waals surface area contributed by atoms with Gasteiger partial charge in [0.15, 0.2) is 16.7 Å². The van der Waals surface area contributed by atoms with E-state index in [2.05, 4.69) is 4.98 Å². The van der Waals surface area contributed by atoms with Crippen molar-refractivity contribution in [3.8, 4) is 5.75 Å². The Morgan fingerprint density at radius 3 is 2.55 bits per heavy atom. The number of hydrogen-bond acceptors (Lipinski definition) is 6. The first-order chi connectivity index (χ1) is 16.0. The van der Waals surface area contributed by atoms with Gasteiger partial charge in [0.25, 0.3) is 5.91 Å². The Morgan fingerprint density at radius 2 is 1.82 bits per heavy atom. The second kappa shape index (κ2) is 8.14. The number of hydrogen-bond donors (Lipinski definition) is 1. The molecule has 6 nitrogen and oxygen atoms in total. The van der Waals surface area contributed by atoms with Crippen LogP contribution in [0.15, 0.2) is 84.1 Å². The van der Waals surface area contributed by atoms with Crippen LogP contribution in [-0.2, 0) is 4.79 Å². The average Bonchev–Trinajstić information content (AvgIpc) is 3.37. The number of halogens is 1. The van der Waals surface area contributed by atoms with Gasteiger partial charge in [-0.1, -0.05) is 59.9 Å². The van der Waals surface area contributed by atoms with Crippen LogP contribution in [0, 0.1) is 5.82 Å². The molecule has 164 valence electrons. The maximum absolute atomic E-state index is 14.9. The number of aliphatic hydroxyl groups is 1. The van der Waals surface area contributed by atoms with Crippen LogP contribution < -0.4 is 9.64 Å². The molecule has 0 bridgehead atoms. The summed E-state index contributed by atoms with van der Waals surface area (Å²) in [4.78, 5) is 32.3. The fraction of sp³-hybridized carbons (Fsp3) is 0.0800. The Balaban J connectivity index is 1.69. The van der Waals surface area contributed by atoms with Crippen LogP contribution in [0.3, 0.4) is 0 Å². The minimum Gasteiger partial charge on any atom is -0.503 e. The highest BCUT2D eigenvalue weighted by molar-refractivity contribution is 7.22. The molecule has 0 saturated heterocycles. The van der Waals surface area contributed by atoms with Crippen molar-refractivity contribution in [3.63, 3.8) is 0 Å². The number of aliphatic hydroxyl groups excluding tert-OH is 1. The number of thiazole rings is 1. The van der Waals surface area contributed by atoms with E-state index >= 15 is 0 Å². The first-order valence-electron chi connectivity index (χ1n) is 10.0. The monoisotopic (exact) mass is 460 g/mol. The maximum atomic E-state index is 14.9. The lowest BCUT2D eigenvalue weighted by atomic mass is 9.92. The lowest BCUT2D eigenvalue weighted by Gasteiger charge is -2.24. The molecule has 0 fully saturated rings. The summed E-state index contributed by atoms with van der Waals surface area (Å²) >= 11 is 1.19. The highest BCUT2D eigenvalue weighted by Gasteiger charge is 2.46. The van der Waals surface area contributed by atoms with Crippen LogP contribution in [0.2, 0.25) is 0 Å². The average molecular weight is 460 g/mol. The van der Waals surface area contributed by atoms with Crippen LogP contribution in [0.4, 0.5) is 9.52 Å². The van der Waals surface area contributed by atoms with E-state index in [0.717, 1.165) is 4.70 Å². The van der Waals surface area contributed by atoms with Gasteiger partial charge in [0.1, 0.15) is 17.6 Å². The Bertz CT molecular complexity index is 1430. The summed E-state index contributed by atoms with van der Waals surface area (Å²) in [6, 6.07) is 18.2. The molecule has 33 heavy (non-hydrogen) atoms. The van der Waals surface area contributed by atoms with Gasteiger partial charge in [0.05, 0.1) is 22.9 Å². The quantitative estimate of drug-likeness (QED) is 0.413. The van der Waals surface area contributed by atoms with Crippen molar-refractivity contribution >= 4 is 38.4 Å². The van der Waals surface area contributed by atoms with Crippen molar-refractivity contribution in [2.75, 3.05) is 12.0 Å². The molecule has 8 heteroatoms. The predicted molar refractivity (Wildman–Crippen MR) is 123 cm³/mol. The number of nitrogens with zero attached hydrogens (tertiary/aromatic N) is 2. The summed E-state index contributed by atoms with van der Waals surface area (Å²) in [5.41, 5.74) is 0.793.